The van der Waals surface area contributed by atoms with Gasteiger partial charge in [0.25, 0.3) is 11.8 Å². The molecule has 1 amide bonds. The van der Waals surface area contributed by atoms with E-state index in [0.717, 1.165) is 0 Å². The minimum Gasteiger partial charge on any atom is -0.497 e. The molecule has 3 aromatic rings. The van der Waals surface area contributed by atoms with Crippen LogP contribution >= 0.6 is 0 Å². The molecule has 2 aromatic carbocycles. The molecule has 0 aliphatic heterocycles. The van der Waals surface area contributed by atoms with E-state index in [1.54, 1.807) is 62.6 Å². The number of amides is 1. The fraction of sp³-hybridized carbons (Fsp3) is 0.304. The molecular formula is C23H25N3O6. The summed E-state index contributed by atoms with van der Waals surface area (Å²) >= 11 is 0. The van der Waals surface area contributed by atoms with Crippen LogP contribution in [0.5, 0.6) is 11.5 Å². The zero-order valence-electron chi connectivity index (χ0n) is 18.3. The Morgan fingerprint density at radius 2 is 1.62 bits per heavy atom. The van der Waals surface area contributed by atoms with E-state index in [1.165, 1.54) is 0 Å². The van der Waals surface area contributed by atoms with Crippen LogP contribution in [0.15, 0.2) is 52.9 Å². The number of nitrogens with one attached hydrogen (secondary N) is 1. The Kier molecular flexibility index (Phi) is 7.43. The highest BCUT2D eigenvalue weighted by molar-refractivity contribution is 5.96. The van der Waals surface area contributed by atoms with Crippen molar-refractivity contribution in [2.75, 3.05) is 13.7 Å². The highest BCUT2D eigenvalue weighted by Gasteiger charge is 2.19. The van der Waals surface area contributed by atoms with Gasteiger partial charge in [-0.05, 0) is 69.3 Å². The quantitative estimate of drug-likeness (QED) is 0.504. The Balaban J connectivity index is 1.50. The second-order valence-electron chi connectivity index (χ2n) is 7.18. The van der Waals surface area contributed by atoms with Crippen LogP contribution in [0.4, 0.5) is 0 Å². The summed E-state index contributed by atoms with van der Waals surface area (Å²) in [4.78, 5) is 24.4. The zero-order valence-corrected chi connectivity index (χ0v) is 18.3. The number of hydrogen-bond donors (Lipinski definition) is 1. The first kappa shape index (κ1) is 22.8. The molecular weight excluding hydrogens is 414 g/mol. The Morgan fingerprint density at radius 3 is 2.25 bits per heavy atom. The van der Waals surface area contributed by atoms with Crippen molar-refractivity contribution >= 4 is 11.9 Å². The second kappa shape index (κ2) is 10.4. The van der Waals surface area contributed by atoms with Gasteiger partial charge in [-0.1, -0.05) is 0 Å². The van der Waals surface area contributed by atoms with E-state index in [4.69, 9.17) is 18.6 Å². The number of methoxy groups -OCH3 is 1. The van der Waals surface area contributed by atoms with E-state index >= 15 is 0 Å². The summed E-state index contributed by atoms with van der Waals surface area (Å²) in [5.74, 6) is 0.788. The van der Waals surface area contributed by atoms with Crippen molar-refractivity contribution in [3.05, 3.63) is 60.0 Å². The number of aromatic nitrogens is 2. The molecule has 1 heterocycles. The largest absolute Gasteiger partial charge is 0.497 e. The molecule has 3 rings (SSSR count). The van der Waals surface area contributed by atoms with Crippen LogP contribution in [0.1, 0.15) is 43.1 Å². The van der Waals surface area contributed by atoms with Crippen LogP contribution in [0.2, 0.25) is 0 Å². The van der Waals surface area contributed by atoms with Crippen molar-refractivity contribution in [3.8, 4) is 23.0 Å². The average molecular weight is 439 g/mol. The SMILES string of the molecule is COc1ccc(-c2nnc(C(C)OC(=O)CNC(=O)c3ccc(OC(C)C)cc3)o2)cc1. The van der Waals surface area contributed by atoms with Gasteiger partial charge in [0.15, 0.2) is 6.10 Å². The number of esters is 1. The molecule has 0 fully saturated rings. The van der Waals surface area contributed by atoms with Crippen LogP contribution in [-0.2, 0) is 9.53 Å². The van der Waals surface area contributed by atoms with Gasteiger partial charge in [0.05, 0.1) is 13.2 Å². The minimum atomic E-state index is -0.772. The summed E-state index contributed by atoms with van der Waals surface area (Å²) in [5.41, 5.74) is 1.11. The van der Waals surface area contributed by atoms with E-state index < -0.39 is 18.0 Å². The molecule has 32 heavy (non-hydrogen) atoms. The Bertz CT molecular complexity index is 1040. The molecule has 1 aromatic heterocycles. The normalized spacial score (nSPS) is 11.7. The maximum atomic E-state index is 12.2. The molecule has 0 aliphatic rings. The number of ether oxygens (including phenoxy) is 3. The molecule has 168 valence electrons. The third-order valence-corrected chi connectivity index (χ3v) is 4.32. The predicted octanol–water partition coefficient (Wildman–Crippen LogP) is 3.57. The number of hydrogen-bond acceptors (Lipinski definition) is 8. The van der Waals surface area contributed by atoms with Crippen molar-refractivity contribution in [1.82, 2.24) is 15.5 Å². The predicted molar refractivity (Wildman–Crippen MR) is 115 cm³/mol. The molecule has 9 nitrogen and oxygen atoms in total. The van der Waals surface area contributed by atoms with Crippen molar-refractivity contribution in [2.24, 2.45) is 0 Å². The van der Waals surface area contributed by atoms with Gasteiger partial charge in [0, 0.05) is 11.1 Å². The highest BCUT2D eigenvalue weighted by Crippen LogP contribution is 2.24. The first-order valence-corrected chi connectivity index (χ1v) is 10.1. The van der Waals surface area contributed by atoms with Crippen molar-refractivity contribution in [3.63, 3.8) is 0 Å². The summed E-state index contributed by atoms with van der Waals surface area (Å²) < 4.78 is 21.5. The van der Waals surface area contributed by atoms with Crippen molar-refractivity contribution < 1.29 is 28.2 Å². The summed E-state index contributed by atoms with van der Waals surface area (Å²) in [6, 6.07) is 13.8. The lowest BCUT2D eigenvalue weighted by Gasteiger charge is -2.11. The van der Waals surface area contributed by atoms with Crippen molar-refractivity contribution in [2.45, 2.75) is 33.0 Å². The van der Waals surface area contributed by atoms with Crippen LogP contribution in [0, 0.1) is 0 Å². The van der Waals surface area contributed by atoms with E-state index in [9.17, 15) is 9.59 Å². The van der Waals surface area contributed by atoms with Gasteiger partial charge in [0.2, 0.25) is 5.89 Å². The van der Waals surface area contributed by atoms with Crippen LogP contribution in [-0.4, -0.2) is 41.8 Å². The molecule has 9 heteroatoms. The fourth-order valence-corrected chi connectivity index (χ4v) is 2.75. The second-order valence-corrected chi connectivity index (χ2v) is 7.18. The lowest BCUT2D eigenvalue weighted by Crippen LogP contribution is -2.31. The Hall–Kier alpha value is -3.88. The summed E-state index contributed by atoms with van der Waals surface area (Å²) in [6.45, 7) is 5.15. The Morgan fingerprint density at radius 1 is 0.969 bits per heavy atom. The maximum absolute atomic E-state index is 12.2. The molecule has 0 saturated carbocycles. The molecule has 0 spiro atoms. The summed E-state index contributed by atoms with van der Waals surface area (Å²) in [5, 5.41) is 10.4. The van der Waals surface area contributed by atoms with Gasteiger partial charge in [-0.15, -0.1) is 10.2 Å². The topological polar surface area (TPSA) is 113 Å². The molecule has 0 bridgehead atoms. The Labute approximate surface area is 185 Å². The van der Waals surface area contributed by atoms with E-state index in [2.05, 4.69) is 15.5 Å². The number of carbonyl (C=O) groups excluding carboxylic acids is 2. The van der Waals surface area contributed by atoms with Gasteiger partial charge < -0.3 is 23.9 Å². The molecule has 1 N–H and O–H groups in total. The van der Waals surface area contributed by atoms with E-state index in [1.807, 2.05) is 13.8 Å². The van der Waals surface area contributed by atoms with Gasteiger partial charge in [-0.2, -0.15) is 0 Å². The minimum absolute atomic E-state index is 0.0394. The van der Waals surface area contributed by atoms with Crippen LogP contribution in [0.25, 0.3) is 11.5 Å². The average Bonchev–Trinajstić information content (AvgIpc) is 3.28. The van der Waals surface area contributed by atoms with E-state index in [-0.39, 0.29) is 18.5 Å². The van der Waals surface area contributed by atoms with Crippen LogP contribution in [0.3, 0.4) is 0 Å². The first-order chi connectivity index (χ1) is 15.4. The monoisotopic (exact) mass is 439 g/mol. The number of benzene rings is 2. The smallest absolute Gasteiger partial charge is 0.326 e. The lowest BCUT2D eigenvalue weighted by molar-refractivity contribution is -0.148. The number of carbonyl (C=O) groups is 2. The highest BCUT2D eigenvalue weighted by atomic mass is 16.6. The van der Waals surface area contributed by atoms with Gasteiger partial charge in [0.1, 0.15) is 18.0 Å². The van der Waals surface area contributed by atoms with Crippen LogP contribution < -0.4 is 14.8 Å². The lowest BCUT2D eigenvalue weighted by atomic mass is 10.2. The standard InChI is InChI=1S/C23H25N3O6/c1-14(2)30-19-11-5-16(6-12-19)21(28)24-13-20(27)31-15(3)22-25-26-23(32-22)17-7-9-18(29-4)10-8-17/h5-12,14-15H,13H2,1-4H3,(H,24,28). The molecule has 0 saturated heterocycles. The molecule has 1 atom stereocenters. The molecule has 0 radical (unpaired) electrons. The zero-order chi connectivity index (χ0) is 23.1. The van der Waals surface area contributed by atoms with Gasteiger partial charge in [-0.25, -0.2) is 0 Å². The maximum Gasteiger partial charge on any atom is 0.326 e. The fourth-order valence-electron chi connectivity index (χ4n) is 2.75. The van der Waals surface area contributed by atoms with Gasteiger partial charge >= 0.3 is 5.97 Å². The number of nitrogens with zero attached hydrogens (tertiary/aromatic N) is 2. The summed E-state index contributed by atoms with van der Waals surface area (Å²) in [7, 11) is 1.58. The van der Waals surface area contributed by atoms with Gasteiger partial charge in [-0.3, -0.25) is 9.59 Å². The molecule has 0 aliphatic carbocycles. The third-order valence-electron chi connectivity index (χ3n) is 4.32. The van der Waals surface area contributed by atoms with Crippen molar-refractivity contribution in [1.29, 1.82) is 0 Å². The number of rotatable bonds is 9. The van der Waals surface area contributed by atoms with E-state index in [0.29, 0.717) is 28.5 Å². The first-order valence-electron chi connectivity index (χ1n) is 10.1. The summed E-state index contributed by atoms with van der Waals surface area (Å²) in [6.07, 6.45) is -0.732. The third kappa shape index (κ3) is 6.07. The molecule has 1 unspecified atom stereocenters.